The third-order valence-corrected chi connectivity index (χ3v) is 3.95. The van der Waals surface area contributed by atoms with Gasteiger partial charge in [-0.15, -0.1) is 11.3 Å². The second kappa shape index (κ2) is 5.50. The van der Waals surface area contributed by atoms with E-state index in [1.54, 1.807) is 0 Å². The normalized spacial score (nSPS) is 11.6. The minimum Gasteiger partial charge on any atom is -0.379 e. The van der Waals surface area contributed by atoms with E-state index in [9.17, 15) is 17.6 Å². The third-order valence-electron chi connectivity index (χ3n) is 2.40. The zero-order valence-electron chi connectivity index (χ0n) is 9.39. The Hall–Kier alpha value is -1.08. The van der Waals surface area contributed by atoms with Gasteiger partial charge in [0.15, 0.2) is 0 Å². The van der Waals surface area contributed by atoms with Gasteiger partial charge < -0.3 is 5.32 Å². The molecule has 0 aliphatic carbocycles. The molecule has 0 fully saturated rings. The van der Waals surface area contributed by atoms with Crippen molar-refractivity contribution in [1.29, 1.82) is 0 Å². The molecule has 0 bridgehead atoms. The molecule has 1 aromatic carbocycles. The van der Waals surface area contributed by atoms with E-state index in [4.69, 9.17) is 0 Å². The van der Waals surface area contributed by atoms with Crippen molar-refractivity contribution in [3.63, 3.8) is 0 Å². The van der Waals surface area contributed by atoms with Crippen LogP contribution in [0.3, 0.4) is 0 Å². The van der Waals surface area contributed by atoms with E-state index >= 15 is 0 Å². The van der Waals surface area contributed by atoms with Crippen molar-refractivity contribution in [2.75, 3.05) is 5.32 Å². The maximum Gasteiger partial charge on any atom is 0.416 e. The molecule has 19 heavy (non-hydrogen) atoms. The highest BCUT2D eigenvalue weighted by atomic mass is 79.9. The van der Waals surface area contributed by atoms with Crippen LogP contribution in [0.25, 0.3) is 0 Å². The predicted molar refractivity (Wildman–Crippen MR) is 70.7 cm³/mol. The number of hydrogen-bond acceptors (Lipinski definition) is 2. The topological polar surface area (TPSA) is 12.0 Å². The van der Waals surface area contributed by atoms with Gasteiger partial charge in [0.2, 0.25) is 0 Å². The quantitative estimate of drug-likeness (QED) is 0.740. The van der Waals surface area contributed by atoms with E-state index < -0.39 is 17.6 Å². The van der Waals surface area contributed by atoms with Gasteiger partial charge in [-0.3, -0.25) is 0 Å². The van der Waals surface area contributed by atoms with E-state index in [1.807, 2.05) is 11.4 Å². The van der Waals surface area contributed by atoms with Crippen LogP contribution < -0.4 is 5.32 Å². The van der Waals surface area contributed by atoms with Gasteiger partial charge in [0.1, 0.15) is 5.82 Å². The molecule has 1 nitrogen and oxygen atoms in total. The lowest BCUT2D eigenvalue weighted by Gasteiger charge is -2.11. The average Bonchev–Trinajstić information content (AvgIpc) is 2.72. The first-order valence-corrected chi connectivity index (χ1v) is 6.87. The Morgan fingerprint density at radius 1 is 1.21 bits per heavy atom. The van der Waals surface area contributed by atoms with Crippen LogP contribution in [-0.4, -0.2) is 0 Å². The van der Waals surface area contributed by atoms with Crippen LogP contribution in [0.4, 0.5) is 23.2 Å². The first-order valence-electron chi connectivity index (χ1n) is 5.20. The molecule has 102 valence electrons. The van der Waals surface area contributed by atoms with E-state index in [0.717, 1.165) is 27.5 Å². The van der Waals surface area contributed by atoms with Crippen LogP contribution in [-0.2, 0) is 12.7 Å². The fraction of sp³-hybridized carbons (Fsp3) is 0.167. The molecule has 0 radical (unpaired) electrons. The Kier molecular flexibility index (Phi) is 4.15. The molecule has 0 saturated heterocycles. The first-order chi connectivity index (χ1) is 8.86. The first kappa shape index (κ1) is 14.3. The van der Waals surface area contributed by atoms with E-state index in [2.05, 4.69) is 21.2 Å². The summed E-state index contributed by atoms with van der Waals surface area (Å²) in [5, 5.41) is 4.50. The summed E-state index contributed by atoms with van der Waals surface area (Å²) in [6.07, 6.45) is -4.48. The highest BCUT2D eigenvalue weighted by molar-refractivity contribution is 9.11. The van der Waals surface area contributed by atoms with Crippen molar-refractivity contribution < 1.29 is 17.6 Å². The minimum absolute atomic E-state index is 0.155. The molecule has 1 aromatic heterocycles. The summed E-state index contributed by atoms with van der Waals surface area (Å²) < 4.78 is 51.9. The molecular weight excluding hydrogens is 346 g/mol. The van der Waals surface area contributed by atoms with Crippen molar-refractivity contribution in [1.82, 2.24) is 0 Å². The summed E-state index contributed by atoms with van der Waals surface area (Å²) in [6, 6.07) is 4.14. The molecule has 0 saturated carbocycles. The van der Waals surface area contributed by atoms with Crippen LogP contribution in [0.1, 0.15) is 11.1 Å². The van der Waals surface area contributed by atoms with Crippen LogP contribution >= 0.6 is 27.3 Å². The molecule has 1 heterocycles. The summed E-state index contributed by atoms with van der Waals surface area (Å²) in [6.45, 7) is 0.264. The number of alkyl halides is 3. The van der Waals surface area contributed by atoms with Crippen molar-refractivity contribution in [2.24, 2.45) is 0 Å². The zero-order valence-corrected chi connectivity index (χ0v) is 11.8. The van der Waals surface area contributed by atoms with Crippen LogP contribution in [0, 0.1) is 5.82 Å². The lowest BCUT2D eigenvalue weighted by atomic mass is 10.2. The summed E-state index contributed by atoms with van der Waals surface area (Å²) in [7, 11) is 0. The lowest BCUT2D eigenvalue weighted by Crippen LogP contribution is -2.07. The van der Waals surface area contributed by atoms with Gasteiger partial charge in [-0.2, -0.15) is 13.2 Å². The number of anilines is 1. The van der Waals surface area contributed by atoms with Gasteiger partial charge in [-0.25, -0.2) is 4.39 Å². The summed E-state index contributed by atoms with van der Waals surface area (Å²) in [4.78, 5) is 0. The Balaban J connectivity index is 2.15. The van der Waals surface area contributed by atoms with Crippen molar-refractivity contribution in [3.05, 3.63) is 50.4 Å². The second-order valence-corrected chi connectivity index (χ2v) is 6.10. The van der Waals surface area contributed by atoms with Crippen molar-refractivity contribution >= 4 is 33.0 Å². The molecule has 0 atom stereocenters. The lowest BCUT2D eigenvalue weighted by molar-refractivity contribution is -0.137. The number of nitrogens with one attached hydrogen (secondary N) is 1. The van der Waals surface area contributed by atoms with Crippen LogP contribution in [0.2, 0.25) is 0 Å². The summed E-state index contributed by atoms with van der Waals surface area (Å²) in [5.41, 5.74) is -0.159. The van der Waals surface area contributed by atoms with Gasteiger partial charge in [-0.05, 0) is 51.1 Å². The molecule has 0 aliphatic heterocycles. The van der Waals surface area contributed by atoms with E-state index in [1.165, 1.54) is 11.3 Å². The molecule has 0 spiro atoms. The van der Waals surface area contributed by atoms with Gasteiger partial charge in [-0.1, -0.05) is 0 Å². The number of benzene rings is 1. The fourth-order valence-corrected chi connectivity index (χ4v) is 2.68. The van der Waals surface area contributed by atoms with E-state index in [-0.39, 0.29) is 12.2 Å². The largest absolute Gasteiger partial charge is 0.416 e. The molecule has 0 unspecified atom stereocenters. The monoisotopic (exact) mass is 353 g/mol. The Morgan fingerprint density at radius 3 is 2.53 bits per heavy atom. The highest BCUT2D eigenvalue weighted by Crippen LogP contribution is 2.32. The maximum atomic E-state index is 13.4. The number of thiophene rings is 1. The molecule has 2 aromatic rings. The van der Waals surface area contributed by atoms with Gasteiger partial charge in [0.25, 0.3) is 0 Å². The van der Waals surface area contributed by atoms with Crippen molar-refractivity contribution in [2.45, 2.75) is 12.7 Å². The smallest absolute Gasteiger partial charge is 0.379 e. The fourth-order valence-electron chi connectivity index (χ4n) is 1.47. The molecule has 1 N–H and O–H groups in total. The number of halogens is 5. The maximum absolute atomic E-state index is 13.4. The summed E-state index contributed by atoms with van der Waals surface area (Å²) in [5.74, 6) is -0.706. The molecule has 0 amide bonds. The number of rotatable bonds is 3. The predicted octanol–water partition coefficient (Wildman–Crippen LogP) is 5.28. The Labute approximate surface area is 119 Å². The third kappa shape index (κ3) is 3.70. The highest BCUT2D eigenvalue weighted by Gasteiger charge is 2.31. The minimum atomic E-state index is -4.48. The van der Waals surface area contributed by atoms with Gasteiger partial charge in [0.05, 0.1) is 15.0 Å². The molecule has 0 aliphatic rings. The van der Waals surface area contributed by atoms with Crippen LogP contribution in [0.15, 0.2) is 33.4 Å². The second-order valence-electron chi connectivity index (χ2n) is 3.81. The van der Waals surface area contributed by atoms with Crippen LogP contribution in [0.5, 0.6) is 0 Å². The molecule has 7 heteroatoms. The Morgan fingerprint density at radius 2 is 1.95 bits per heavy atom. The molecule has 2 rings (SSSR count). The van der Waals surface area contributed by atoms with Gasteiger partial charge in [0, 0.05) is 6.54 Å². The summed E-state index contributed by atoms with van der Waals surface area (Å²) >= 11 is 4.73. The van der Waals surface area contributed by atoms with Crippen molar-refractivity contribution in [3.8, 4) is 0 Å². The molecular formula is C12H8BrF4NS. The Bertz CT molecular complexity index is 579. The van der Waals surface area contributed by atoms with Gasteiger partial charge >= 0.3 is 6.18 Å². The standard InChI is InChI=1S/C12H8BrF4NS/c13-11-3-7(6-19-11)5-18-10-4-8(12(15,16)17)1-2-9(10)14/h1-4,6,18H,5H2. The SMILES string of the molecule is Fc1ccc(C(F)(F)F)cc1NCc1csc(Br)c1. The van der Waals surface area contributed by atoms with E-state index in [0.29, 0.717) is 0 Å². The number of hydrogen-bond donors (Lipinski definition) is 1. The zero-order chi connectivity index (χ0) is 14.0. The average molecular weight is 354 g/mol.